The Kier molecular flexibility index (Phi) is 7.56. The largest absolute Gasteiger partial charge is 0.481 e. The summed E-state index contributed by atoms with van der Waals surface area (Å²) >= 11 is 1.63. The number of sulfonamides is 1. The molecular weight excluding hydrogens is 388 g/mol. The summed E-state index contributed by atoms with van der Waals surface area (Å²) in [5, 5.41) is 11.7. The van der Waals surface area contributed by atoms with Gasteiger partial charge in [-0.05, 0) is 38.1 Å². The number of benzene rings is 1. The molecule has 1 aliphatic rings. The van der Waals surface area contributed by atoms with E-state index in [4.69, 9.17) is 9.84 Å². The summed E-state index contributed by atoms with van der Waals surface area (Å²) < 4.78 is 32.1. The number of thioether (sulfide) groups is 1. The Morgan fingerprint density at radius 3 is 2.70 bits per heavy atom. The lowest BCUT2D eigenvalue weighted by Crippen LogP contribution is -2.58. The highest BCUT2D eigenvalue weighted by Gasteiger charge is 2.39. The van der Waals surface area contributed by atoms with Crippen molar-refractivity contribution >= 4 is 27.7 Å². The Hall–Kier alpha value is -1.73. The molecule has 0 aliphatic carbocycles. The molecule has 3 N–H and O–H groups in total. The smallest absolute Gasteiger partial charge is 0.264 e. The fourth-order valence-electron chi connectivity index (χ4n) is 2.53. The van der Waals surface area contributed by atoms with E-state index in [2.05, 4.69) is 21.9 Å². The predicted molar refractivity (Wildman–Crippen MR) is 105 cm³/mol. The van der Waals surface area contributed by atoms with Gasteiger partial charge in [0.15, 0.2) is 0 Å². The number of amides is 1. The van der Waals surface area contributed by atoms with Crippen LogP contribution < -0.4 is 14.8 Å². The number of aliphatic hydroxyl groups excluding tert-OH is 1. The summed E-state index contributed by atoms with van der Waals surface area (Å²) in [6.07, 6.45) is 0.380. The Morgan fingerprint density at radius 2 is 2.07 bits per heavy atom. The fourth-order valence-corrected chi connectivity index (χ4v) is 4.63. The molecular formula is C18H24N2O5S2. The Bertz CT molecular complexity index is 810. The lowest BCUT2D eigenvalue weighted by molar-refractivity contribution is -0.122. The van der Waals surface area contributed by atoms with Crippen LogP contribution in [0, 0.1) is 11.8 Å². The van der Waals surface area contributed by atoms with Crippen LogP contribution in [0.4, 0.5) is 0 Å². The van der Waals surface area contributed by atoms with Gasteiger partial charge in [-0.2, -0.15) is 11.8 Å². The lowest BCUT2D eigenvalue weighted by Gasteiger charge is -2.37. The normalized spacial score (nSPS) is 18.9. The quantitative estimate of drug-likeness (QED) is 0.592. The van der Waals surface area contributed by atoms with Crippen molar-refractivity contribution in [2.75, 3.05) is 25.5 Å². The number of carbonyl (C=O) groups is 1. The number of rotatable bonds is 6. The Labute approximate surface area is 164 Å². The van der Waals surface area contributed by atoms with Crippen molar-refractivity contribution in [1.82, 2.24) is 10.0 Å². The second-order valence-corrected chi connectivity index (χ2v) is 9.83. The molecule has 0 saturated carbocycles. The summed E-state index contributed by atoms with van der Waals surface area (Å²) in [4.78, 5) is 12.5. The van der Waals surface area contributed by atoms with Gasteiger partial charge >= 0.3 is 0 Å². The van der Waals surface area contributed by atoms with Gasteiger partial charge in [0.25, 0.3) is 15.9 Å². The molecule has 9 heteroatoms. The van der Waals surface area contributed by atoms with Gasteiger partial charge < -0.3 is 15.2 Å². The molecule has 1 aromatic carbocycles. The van der Waals surface area contributed by atoms with Crippen LogP contribution in [0.2, 0.25) is 0 Å². The van der Waals surface area contributed by atoms with Crippen molar-refractivity contribution in [3.63, 3.8) is 0 Å². The van der Waals surface area contributed by atoms with E-state index in [0.29, 0.717) is 18.7 Å². The SMILES string of the molecule is CC1(C)SCCNC1C(=O)NS(=O)(=O)c1ccc(OCC#CCCO)cc1. The summed E-state index contributed by atoms with van der Waals surface area (Å²) in [6.45, 7) is 4.62. The van der Waals surface area contributed by atoms with Gasteiger partial charge in [-0.1, -0.05) is 11.8 Å². The van der Waals surface area contributed by atoms with Crippen LogP contribution in [0.5, 0.6) is 5.75 Å². The second kappa shape index (κ2) is 9.46. The fraction of sp³-hybridized carbons (Fsp3) is 0.500. The van der Waals surface area contributed by atoms with Crippen LogP contribution in [0.1, 0.15) is 20.3 Å². The monoisotopic (exact) mass is 412 g/mol. The van der Waals surface area contributed by atoms with Crippen LogP contribution >= 0.6 is 11.8 Å². The first-order valence-corrected chi connectivity index (χ1v) is 11.0. The van der Waals surface area contributed by atoms with Gasteiger partial charge in [-0.3, -0.25) is 4.79 Å². The molecule has 1 atom stereocenters. The van der Waals surface area contributed by atoms with E-state index in [0.717, 1.165) is 5.75 Å². The number of carbonyl (C=O) groups excluding carboxylic acids is 1. The predicted octanol–water partition coefficient (Wildman–Crippen LogP) is 0.740. The molecule has 1 saturated heterocycles. The molecule has 148 valence electrons. The van der Waals surface area contributed by atoms with Gasteiger partial charge in [0.2, 0.25) is 0 Å². The van der Waals surface area contributed by atoms with Crippen LogP contribution in [-0.2, 0) is 14.8 Å². The molecule has 0 spiro atoms. The minimum atomic E-state index is -3.97. The maximum Gasteiger partial charge on any atom is 0.264 e. The molecule has 0 aromatic heterocycles. The molecule has 1 fully saturated rings. The van der Waals surface area contributed by atoms with Crippen molar-refractivity contribution in [3.8, 4) is 17.6 Å². The zero-order valence-corrected chi connectivity index (χ0v) is 17.0. The zero-order chi connectivity index (χ0) is 19.9. The van der Waals surface area contributed by atoms with Gasteiger partial charge in [0.05, 0.1) is 11.5 Å². The van der Waals surface area contributed by atoms with E-state index >= 15 is 0 Å². The van der Waals surface area contributed by atoms with Gasteiger partial charge in [-0.25, -0.2) is 13.1 Å². The number of hydrogen-bond donors (Lipinski definition) is 3. The third-order valence-electron chi connectivity index (χ3n) is 3.92. The molecule has 0 radical (unpaired) electrons. The van der Waals surface area contributed by atoms with Crippen molar-refractivity contribution in [2.45, 2.75) is 36.0 Å². The first-order valence-electron chi connectivity index (χ1n) is 8.50. The highest BCUT2D eigenvalue weighted by Crippen LogP contribution is 2.31. The average molecular weight is 413 g/mol. The summed E-state index contributed by atoms with van der Waals surface area (Å²) in [5.74, 6) is 6.23. The van der Waals surface area contributed by atoms with E-state index in [1.165, 1.54) is 24.3 Å². The molecule has 0 bridgehead atoms. The molecule has 2 rings (SSSR count). The maximum absolute atomic E-state index is 12.5. The standard InChI is InChI=1S/C18H24N2O5S2/c1-18(2)16(19-10-13-26-18)17(22)20-27(23,24)15-8-6-14(7-9-15)25-12-5-3-4-11-21/h6-9,16,19,21H,4,10-13H2,1-2H3,(H,20,22). The number of aliphatic hydroxyl groups is 1. The Morgan fingerprint density at radius 1 is 1.37 bits per heavy atom. The van der Waals surface area contributed by atoms with Crippen LogP contribution in [0.25, 0.3) is 0 Å². The van der Waals surface area contributed by atoms with Gasteiger partial charge in [0, 0.05) is 23.5 Å². The van der Waals surface area contributed by atoms with Crippen molar-refractivity contribution in [3.05, 3.63) is 24.3 Å². The number of hydrogen-bond acceptors (Lipinski definition) is 7. The first kappa shape index (κ1) is 21.6. The van der Waals surface area contributed by atoms with Crippen molar-refractivity contribution < 1.29 is 23.1 Å². The van der Waals surface area contributed by atoms with Gasteiger partial charge in [-0.15, -0.1) is 0 Å². The second-order valence-electron chi connectivity index (χ2n) is 6.40. The van der Waals surface area contributed by atoms with E-state index in [1.807, 2.05) is 13.8 Å². The molecule has 1 heterocycles. The molecule has 1 aromatic rings. The van der Waals surface area contributed by atoms with Crippen molar-refractivity contribution in [1.29, 1.82) is 0 Å². The minimum absolute atomic E-state index is 0.00246. The van der Waals surface area contributed by atoms with E-state index < -0.39 is 26.7 Å². The minimum Gasteiger partial charge on any atom is -0.481 e. The van der Waals surface area contributed by atoms with E-state index in [9.17, 15) is 13.2 Å². The summed E-state index contributed by atoms with van der Waals surface area (Å²) in [6, 6.07) is 5.17. The van der Waals surface area contributed by atoms with Crippen LogP contribution in [-0.4, -0.2) is 55.7 Å². The first-order chi connectivity index (χ1) is 12.8. The third-order valence-corrected chi connectivity index (χ3v) is 6.67. The van der Waals surface area contributed by atoms with Crippen LogP contribution in [0.3, 0.4) is 0 Å². The number of nitrogens with one attached hydrogen (secondary N) is 2. The molecule has 7 nitrogen and oxygen atoms in total. The molecule has 1 amide bonds. The average Bonchev–Trinajstić information content (AvgIpc) is 2.61. The Balaban J connectivity index is 2.00. The lowest BCUT2D eigenvalue weighted by atomic mass is 10.0. The highest BCUT2D eigenvalue weighted by molar-refractivity contribution is 8.00. The molecule has 27 heavy (non-hydrogen) atoms. The summed E-state index contributed by atoms with van der Waals surface area (Å²) in [5.41, 5.74) is 0. The maximum atomic E-state index is 12.5. The molecule has 1 unspecified atom stereocenters. The zero-order valence-electron chi connectivity index (χ0n) is 15.3. The van der Waals surface area contributed by atoms with E-state index in [1.54, 1.807) is 11.8 Å². The van der Waals surface area contributed by atoms with Crippen molar-refractivity contribution in [2.24, 2.45) is 0 Å². The van der Waals surface area contributed by atoms with Gasteiger partial charge in [0.1, 0.15) is 18.4 Å². The summed E-state index contributed by atoms with van der Waals surface area (Å²) in [7, 11) is -3.97. The van der Waals surface area contributed by atoms with Crippen LogP contribution in [0.15, 0.2) is 29.2 Å². The van der Waals surface area contributed by atoms with E-state index in [-0.39, 0.29) is 18.1 Å². The third kappa shape index (κ3) is 6.14. The topological polar surface area (TPSA) is 105 Å². The number of ether oxygens (including phenoxy) is 1. The molecule has 1 aliphatic heterocycles. The highest BCUT2D eigenvalue weighted by atomic mass is 32.2.